The van der Waals surface area contributed by atoms with Crippen LogP contribution >= 0.6 is 0 Å². The number of hydrogen-bond acceptors (Lipinski definition) is 4. The van der Waals surface area contributed by atoms with Gasteiger partial charge in [-0.2, -0.15) is 0 Å². The number of nitrogens with one attached hydrogen (secondary N) is 2. The van der Waals surface area contributed by atoms with Crippen LogP contribution in [0.5, 0.6) is 5.75 Å². The van der Waals surface area contributed by atoms with Gasteiger partial charge in [0.15, 0.2) is 6.04 Å². The Labute approximate surface area is 149 Å². The van der Waals surface area contributed by atoms with Crippen molar-refractivity contribution < 1.29 is 14.5 Å². The van der Waals surface area contributed by atoms with Gasteiger partial charge in [0, 0.05) is 5.92 Å². The lowest BCUT2D eigenvalue weighted by atomic mass is 10.0. The summed E-state index contributed by atoms with van der Waals surface area (Å²) in [5, 5.41) is 12.7. The Morgan fingerprint density at radius 3 is 2.40 bits per heavy atom. The van der Waals surface area contributed by atoms with Crippen LogP contribution < -0.4 is 14.5 Å². The van der Waals surface area contributed by atoms with E-state index in [9.17, 15) is 0 Å². The van der Waals surface area contributed by atoms with Crippen molar-refractivity contribution in [1.29, 1.82) is 0 Å². The Hall–Kier alpha value is -1.99. The molecule has 1 aromatic carbocycles. The lowest BCUT2D eigenvalue weighted by Crippen LogP contribution is -3.27. The highest BCUT2D eigenvalue weighted by atomic mass is 16.5. The number of tetrazole rings is 1. The van der Waals surface area contributed by atoms with Gasteiger partial charge in [0.1, 0.15) is 31.9 Å². The van der Waals surface area contributed by atoms with Crippen LogP contribution in [0.15, 0.2) is 24.3 Å². The van der Waals surface area contributed by atoms with Crippen LogP contribution in [0.25, 0.3) is 0 Å². The van der Waals surface area contributed by atoms with Gasteiger partial charge < -0.3 is 14.5 Å². The zero-order valence-electron chi connectivity index (χ0n) is 15.7. The number of aromatic nitrogens is 4. The third kappa shape index (κ3) is 4.16. The van der Waals surface area contributed by atoms with Crippen molar-refractivity contribution in [2.45, 2.75) is 26.4 Å². The first-order chi connectivity index (χ1) is 12.1. The third-order valence-electron chi connectivity index (χ3n) is 5.18. The Kier molecular flexibility index (Phi) is 5.65. The molecule has 0 aliphatic carbocycles. The number of rotatable bonds is 6. The average Bonchev–Trinajstić information content (AvgIpc) is 3.05. The number of ether oxygens (including phenoxy) is 1. The average molecular weight is 346 g/mol. The second-order valence-corrected chi connectivity index (χ2v) is 7.38. The quantitative estimate of drug-likeness (QED) is 0.693. The molecule has 2 heterocycles. The molecule has 0 spiro atoms. The van der Waals surface area contributed by atoms with E-state index in [1.165, 1.54) is 31.7 Å². The van der Waals surface area contributed by atoms with Gasteiger partial charge in [-0.1, -0.05) is 26.0 Å². The number of benzene rings is 1. The summed E-state index contributed by atoms with van der Waals surface area (Å²) in [6, 6.07) is 8.43. The van der Waals surface area contributed by atoms with Crippen LogP contribution in [0, 0.1) is 5.92 Å². The molecule has 2 aromatic rings. The maximum absolute atomic E-state index is 5.23. The molecular weight excluding hydrogens is 316 g/mol. The largest absolute Gasteiger partial charge is 0.497 e. The zero-order chi connectivity index (χ0) is 17.8. The number of nitrogens with zero attached hydrogens (tertiary/aromatic N) is 4. The Morgan fingerprint density at radius 2 is 1.80 bits per heavy atom. The first-order valence-corrected chi connectivity index (χ1v) is 9.13. The minimum absolute atomic E-state index is 0.335. The molecule has 0 saturated carbocycles. The molecule has 1 aliphatic rings. The third-order valence-corrected chi connectivity index (χ3v) is 5.18. The molecule has 25 heavy (non-hydrogen) atoms. The van der Waals surface area contributed by atoms with Gasteiger partial charge in [-0.05, 0) is 28.1 Å². The fraction of sp³-hybridized carbons (Fsp3) is 0.611. The Morgan fingerprint density at radius 1 is 1.12 bits per heavy atom. The van der Waals surface area contributed by atoms with E-state index in [0.29, 0.717) is 18.5 Å². The predicted molar refractivity (Wildman–Crippen MR) is 94.8 cm³/mol. The minimum atomic E-state index is 0.335. The summed E-state index contributed by atoms with van der Waals surface area (Å²) in [6.45, 7) is 9.99. The van der Waals surface area contributed by atoms with Crippen LogP contribution in [-0.4, -0.2) is 60.5 Å². The Bertz CT molecular complexity index is 660. The monoisotopic (exact) mass is 346 g/mol. The molecule has 0 bridgehead atoms. The van der Waals surface area contributed by atoms with Crippen molar-refractivity contribution in [3.63, 3.8) is 0 Å². The van der Waals surface area contributed by atoms with E-state index < -0.39 is 0 Å². The molecule has 1 fully saturated rings. The SMILES string of the molecule is COc1ccc(Cn2nnnc2[C@@H](C(C)C)[NH+]2CC[NH+](C)CC2)cc1. The molecule has 0 unspecified atom stereocenters. The number of hydrogen-bond donors (Lipinski definition) is 2. The number of piperazine rings is 1. The first-order valence-electron chi connectivity index (χ1n) is 9.13. The van der Waals surface area contributed by atoms with E-state index in [0.717, 1.165) is 11.6 Å². The van der Waals surface area contributed by atoms with Crippen molar-refractivity contribution >= 4 is 0 Å². The smallest absolute Gasteiger partial charge is 0.209 e. The summed E-state index contributed by atoms with van der Waals surface area (Å²) in [5.74, 6) is 2.36. The molecule has 1 saturated heterocycles. The normalized spacial score (nSPS) is 22.1. The first kappa shape index (κ1) is 17.8. The van der Waals surface area contributed by atoms with E-state index in [4.69, 9.17) is 4.74 Å². The summed E-state index contributed by atoms with van der Waals surface area (Å²) in [4.78, 5) is 3.22. The molecule has 1 aliphatic heterocycles. The molecule has 2 N–H and O–H groups in total. The molecule has 7 heteroatoms. The maximum atomic E-state index is 5.23. The van der Waals surface area contributed by atoms with Gasteiger partial charge in [0.2, 0.25) is 5.82 Å². The van der Waals surface area contributed by atoms with Crippen LogP contribution in [0.4, 0.5) is 0 Å². The standard InChI is InChI=1S/C18H28N6O/c1-14(2)17(23-11-9-22(3)10-12-23)18-19-20-21-24(18)13-15-5-7-16(25-4)8-6-15/h5-8,14,17H,9-13H2,1-4H3/p+2/t17-/m1/s1. The van der Waals surface area contributed by atoms with E-state index in [1.54, 1.807) is 16.9 Å². The van der Waals surface area contributed by atoms with Crippen LogP contribution in [0.3, 0.4) is 0 Å². The van der Waals surface area contributed by atoms with Gasteiger partial charge in [-0.3, -0.25) is 0 Å². The lowest BCUT2D eigenvalue weighted by Gasteiger charge is -2.34. The van der Waals surface area contributed by atoms with Gasteiger partial charge in [-0.25, -0.2) is 4.68 Å². The topological polar surface area (TPSA) is 61.7 Å². The molecule has 0 amide bonds. The molecule has 1 atom stereocenters. The summed E-state index contributed by atoms with van der Waals surface area (Å²) < 4.78 is 7.20. The van der Waals surface area contributed by atoms with E-state index in [1.807, 2.05) is 16.8 Å². The highest BCUT2D eigenvalue weighted by molar-refractivity contribution is 5.27. The molecule has 7 nitrogen and oxygen atoms in total. The van der Waals surface area contributed by atoms with E-state index in [2.05, 4.69) is 48.6 Å². The summed E-state index contributed by atoms with van der Waals surface area (Å²) in [5.41, 5.74) is 1.18. The fourth-order valence-corrected chi connectivity index (χ4v) is 3.71. The van der Waals surface area contributed by atoms with Crippen molar-refractivity contribution in [1.82, 2.24) is 20.2 Å². The van der Waals surface area contributed by atoms with Gasteiger partial charge in [0.05, 0.1) is 20.7 Å². The molecule has 0 radical (unpaired) electrons. The second-order valence-electron chi connectivity index (χ2n) is 7.38. The van der Waals surface area contributed by atoms with Crippen molar-refractivity contribution in [2.24, 2.45) is 5.92 Å². The van der Waals surface area contributed by atoms with Crippen molar-refractivity contribution in [3.05, 3.63) is 35.7 Å². The summed E-state index contributed by atoms with van der Waals surface area (Å²) in [6.07, 6.45) is 0. The van der Waals surface area contributed by atoms with Crippen molar-refractivity contribution in [2.75, 3.05) is 40.3 Å². The summed E-state index contributed by atoms with van der Waals surface area (Å²) >= 11 is 0. The second kappa shape index (κ2) is 7.93. The predicted octanol–water partition coefficient (Wildman–Crippen LogP) is -1.16. The van der Waals surface area contributed by atoms with Gasteiger partial charge in [0.25, 0.3) is 0 Å². The van der Waals surface area contributed by atoms with Crippen LogP contribution in [0.2, 0.25) is 0 Å². The minimum Gasteiger partial charge on any atom is -0.497 e. The fourth-order valence-electron chi connectivity index (χ4n) is 3.71. The van der Waals surface area contributed by atoms with Gasteiger partial charge >= 0.3 is 0 Å². The molecule has 136 valence electrons. The number of methoxy groups -OCH3 is 1. The van der Waals surface area contributed by atoms with Crippen LogP contribution in [0.1, 0.15) is 31.3 Å². The number of quaternary nitrogens is 2. The van der Waals surface area contributed by atoms with Gasteiger partial charge in [-0.15, -0.1) is 5.10 Å². The van der Waals surface area contributed by atoms with Crippen molar-refractivity contribution in [3.8, 4) is 5.75 Å². The highest BCUT2D eigenvalue weighted by Gasteiger charge is 2.35. The summed E-state index contributed by atoms with van der Waals surface area (Å²) in [7, 11) is 3.96. The molecule has 1 aromatic heterocycles. The van der Waals surface area contributed by atoms with E-state index >= 15 is 0 Å². The highest BCUT2D eigenvalue weighted by Crippen LogP contribution is 2.18. The zero-order valence-corrected chi connectivity index (χ0v) is 15.7. The number of likely N-dealkylation sites (N-methyl/N-ethyl adjacent to an activating group) is 1. The van der Waals surface area contributed by atoms with E-state index in [-0.39, 0.29) is 0 Å². The molecular formula is C18H30N6O+2. The maximum Gasteiger partial charge on any atom is 0.209 e. The lowest BCUT2D eigenvalue weighted by molar-refractivity contribution is -1.02. The Balaban J connectivity index is 1.79. The molecule has 3 rings (SSSR count). The van der Waals surface area contributed by atoms with Crippen LogP contribution in [-0.2, 0) is 6.54 Å².